The predicted octanol–water partition coefficient (Wildman–Crippen LogP) is 2.34. The Balaban J connectivity index is 3.42. The minimum Gasteiger partial charge on any atom is -0.396 e. The van der Waals surface area contributed by atoms with Gasteiger partial charge in [-0.3, -0.25) is 0 Å². The van der Waals surface area contributed by atoms with E-state index in [-0.39, 0.29) is 0 Å². The monoisotopic (exact) mass is 188 g/mol. The maximum atomic E-state index is 8.64. The molecule has 0 radical (unpaired) electrons. The van der Waals surface area contributed by atoms with Gasteiger partial charge in [-0.25, -0.2) is 0 Å². The van der Waals surface area contributed by atoms with Crippen LogP contribution in [0.4, 0.5) is 0 Å². The highest BCUT2D eigenvalue weighted by Gasteiger charge is 2.16. The highest BCUT2D eigenvalue weighted by atomic mass is 16.3. The van der Waals surface area contributed by atoms with Gasteiger partial charge in [-0.05, 0) is 31.1 Å². The SMILES string of the molecule is CC(C)(CCCCO)CCCCO. The Hall–Kier alpha value is -0.0800. The number of unbranched alkanes of at least 4 members (excludes halogenated alkanes) is 2. The van der Waals surface area contributed by atoms with Crippen LogP contribution in [0.2, 0.25) is 0 Å². The number of aliphatic hydroxyl groups is 2. The lowest BCUT2D eigenvalue weighted by molar-refractivity contribution is 0.234. The maximum absolute atomic E-state index is 8.64. The average molecular weight is 188 g/mol. The minimum atomic E-state index is 0.312. The van der Waals surface area contributed by atoms with Gasteiger partial charge in [-0.15, -0.1) is 0 Å². The molecule has 0 saturated carbocycles. The molecule has 0 amide bonds. The van der Waals surface area contributed by atoms with Gasteiger partial charge in [0.15, 0.2) is 0 Å². The molecule has 0 atom stereocenters. The molecule has 0 fully saturated rings. The zero-order valence-corrected chi connectivity index (χ0v) is 9.05. The second-order valence-electron chi connectivity index (χ2n) is 4.53. The molecule has 0 rings (SSSR count). The third-order valence-corrected chi connectivity index (χ3v) is 2.52. The van der Waals surface area contributed by atoms with E-state index >= 15 is 0 Å². The smallest absolute Gasteiger partial charge is 0.0431 e. The highest BCUT2D eigenvalue weighted by Crippen LogP contribution is 2.29. The van der Waals surface area contributed by atoms with Crippen LogP contribution in [-0.4, -0.2) is 23.4 Å². The third kappa shape index (κ3) is 8.26. The van der Waals surface area contributed by atoms with Crippen molar-refractivity contribution in [3.8, 4) is 0 Å². The second-order valence-corrected chi connectivity index (χ2v) is 4.53. The number of aliphatic hydroxyl groups excluding tert-OH is 2. The molecule has 0 bridgehead atoms. The highest BCUT2D eigenvalue weighted by molar-refractivity contribution is 4.68. The van der Waals surface area contributed by atoms with Crippen molar-refractivity contribution in [1.82, 2.24) is 0 Å². The molecule has 2 N–H and O–H groups in total. The fourth-order valence-electron chi connectivity index (χ4n) is 1.56. The number of rotatable bonds is 8. The Labute approximate surface area is 82.0 Å². The van der Waals surface area contributed by atoms with Gasteiger partial charge >= 0.3 is 0 Å². The van der Waals surface area contributed by atoms with Crippen LogP contribution in [0.3, 0.4) is 0 Å². The molecule has 13 heavy (non-hydrogen) atoms. The standard InChI is InChI=1S/C11H24O2/c1-11(2,7-3-5-9-12)8-4-6-10-13/h12-13H,3-10H2,1-2H3. The van der Waals surface area contributed by atoms with Gasteiger partial charge in [0, 0.05) is 13.2 Å². The summed E-state index contributed by atoms with van der Waals surface area (Å²) < 4.78 is 0. The lowest BCUT2D eigenvalue weighted by Gasteiger charge is -2.24. The van der Waals surface area contributed by atoms with Crippen molar-refractivity contribution < 1.29 is 10.2 Å². The van der Waals surface area contributed by atoms with E-state index in [2.05, 4.69) is 13.8 Å². The fraction of sp³-hybridized carbons (Fsp3) is 1.00. The minimum absolute atomic E-state index is 0.312. The summed E-state index contributed by atoms with van der Waals surface area (Å²) in [7, 11) is 0. The summed E-state index contributed by atoms with van der Waals surface area (Å²) in [6, 6.07) is 0. The van der Waals surface area contributed by atoms with Crippen LogP contribution in [0.1, 0.15) is 52.4 Å². The van der Waals surface area contributed by atoms with Crippen LogP contribution in [0, 0.1) is 5.41 Å². The summed E-state index contributed by atoms with van der Waals surface area (Å²) in [5.41, 5.74) is 0.379. The van der Waals surface area contributed by atoms with Crippen LogP contribution >= 0.6 is 0 Å². The first-order valence-electron chi connectivity index (χ1n) is 5.34. The van der Waals surface area contributed by atoms with E-state index < -0.39 is 0 Å². The van der Waals surface area contributed by atoms with E-state index in [0.29, 0.717) is 18.6 Å². The predicted molar refractivity (Wildman–Crippen MR) is 55.7 cm³/mol. The van der Waals surface area contributed by atoms with Crippen LogP contribution in [0.25, 0.3) is 0 Å². The van der Waals surface area contributed by atoms with Gasteiger partial charge in [0.2, 0.25) is 0 Å². The fourth-order valence-corrected chi connectivity index (χ4v) is 1.56. The molecule has 0 aliphatic rings. The molecule has 0 aliphatic heterocycles. The first kappa shape index (κ1) is 12.9. The van der Waals surface area contributed by atoms with Gasteiger partial charge < -0.3 is 10.2 Å². The molecule has 0 aromatic carbocycles. The van der Waals surface area contributed by atoms with Crippen LogP contribution in [-0.2, 0) is 0 Å². The quantitative estimate of drug-likeness (QED) is 0.574. The van der Waals surface area contributed by atoms with E-state index in [1.165, 1.54) is 12.8 Å². The van der Waals surface area contributed by atoms with Gasteiger partial charge in [0.1, 0.15) is 0 Å². The Morgan fingerprint density at radius 3 is 1.46 bits per heavy atom. The van der Waals surface area contributed by atoms with Crippen molar-refractivity contribution in [2.45, 2.75) is 52.4 Å². The summed E-state index contributed by atoms with van der Waals surface area (Å²) in [5.74, 6) is 0. The Morgan fingerprint density at radius 2 is 1.15 bits per heavy atom. The van der Waals surface area contributed by atoms with Crippen LogP contribution in [0.5, 0.6) is 0 Å². The molecule has 0 aromatic heterocycles. The molecule has 0 aliphatic carbocycles. The normalized spacial score (nSPS) is 12.0. The second kappa shape index (κ2) is 7.34. The molecule has 0 heterocycles. The molecule has 0 spiro atoms. The summed E-state index contributed by atoms with van der Waals surface area (Å²) in [5, 5.41) is 17.3. The number of hydrogen-bond acceptors (Lipinski definition) is 2. The van der Waals surface area contributed by atoms with Gasteiger partial charge in [0.25, 0.3) is 0 Å². The molecule has 80 valence electrons. The zero-order chi connectivity index (χ0) is 10.2. The lowest BCUT2D eigenvalue weighted by Crippen LogP contribution is -2.11. The molecular formula is C11H24O2. The first-order valence-corrected chi connectivity index (χ1v) is 5.34. The summed E-state index contributed by atoms with van der Waals surface area (Å²) in [6.45, 7) is 5.16. The van der Waals surface area contributed by atoms with Gasteiger partial charge in [-0.2, -0.15) is 0 Å². The maximum Gasteiger partial charge on any atom is 0.0431 e. The van der Waals surface area contributed by atoms with E-state index in [0.717, 1.165) is 25.7 Å². The topological polar surface area (TPSA) is 40.5 Å². The van der Waals surface area contributed by atoms with Gasteiger partial charge in [0.05, 0.1) is 0 Å². The summed E-state index contributed by atoms with van der Waals surface area (Å²) in [4.78, 5) is 0. The Bertz CT molecular complexity index is 98.7. The van der Waals surface area contributed by atoms with Crippen molar-refractivity contribution in [3.05, 3.63) is 0 Å². The zero-order valence-electron chi connectivity index (χ0n) is 9.05. The molecule has 2 heteroatoms. The van der Waals surface area contributed by atoms with Crippen molar-refractivity contribution >= 4 is 0 Å². The summed E-state index contributed by atoms with van der Waals surface area (Å²) >= 11 is 0. The van der Waals surface area contributed by atoms with E-state index in [1.807, 2.05) is 0 Å². The first-order chi connectivity index (χ1) is 6.12. The Kier molecular flexibility index (Phi) is 7.29. The van der Waals surface area contributed by atoms with Crippen molar-refractivity contribution in [2.75, 3.05) is 13.2 Å². The van der Waals surface area contributed by atoms with Crippen molar-refractivity contribution in [3.63, 3.8) is 0 Å². The van der Waals surface area contributed by atoms with Crippen molar-refractivity contribution in [1.29, 1.82) is 0 Å². The van der Waals surface area contributed by atoms with Crippen LogP contribution < -0.4 is 0 Å². The molecular weight excluding hydrogens is 164 g/mol. The van der Waals surface area contributed by atoms with E-state index in [1.54, 1.807) is 0 Å². The lowest BCUT2D eigenvalue weighted by atomic mass is 9.82. The molecule has 0 unspecified atom stereocenters. The Morgan fingerprint density at radius 1 is 0.769 bits per heavy atom. The van der Waals surface area contributed by atoms with Gasteiger partial charge in [-0.1, -0.05) is 26.7 Å². The van der Waals surface area contributed by atoms with E-state index in [4.69, 9.17) is 10.2 Å². The molecule has 0 aromatic rings. The molecule has 0 saturated heterocycles. The van der Waals surface area contributed by atoms with Crippen molar-refractivity contribution in [2.24, 2.45) is 5.41 Å². The summed E-state index contributed by atoms with van der Waals surface area (Å²) in [6.07, 6.45) is 6.43. The number of hydrogen-bond donors (Lipinski definition) is 2. The van der Waals surface area contributed by atoms with E-state index in [9.17, 15) is 0 Å². The largest absolute Gasteiger partial charge is 0.396 e. The van der Waals surface area contributed by atoms with Crippen LogP contribution in [0.15, 0.2) is 0 Å². The third-order valence-electron chi connectivity index (χ3n) is 2.52. The average Bonchev–Trinajstić information content (AvgIpc) is 2.05. The molecule has 2 nitrogen and oxygen atoms in total.